The van der Waals surface area contributed by atoms with Gasteiger partial charge in [0.2, 0.25) is 0 Å². The summed E-state index contributed by atoms with van der Waals surface area (Å²) in [4.78, 5) is 0. The van der Waals surface area contributed by atoms with Crippen LogP contribution in [0.1, 0.15) is 83.1 Å². The highest BCUT2D eigenvalue weighted by Crippen LogP contribution is 2.63. The van der Waals surface area contributed by atoms with E-state index in [1.807, 2.05) is 0 Å². The van der Waals surface area contributed by atoms with Crippen molar-refractivity contribution in [3.8, 4) is 0 Å². The van der Waals surface area contributed by atoms with Gasteiger partial charge in [0.05, 0.1) is 17.3 Å². The molecule has 4 heteroatoms. The molecule has 2 saturated heterocycles. The lowest BCUT2D eigenvalue weighted by atomic mass is 9.70. The van der Waals surface area contributed by atoms with Crippen LogP contribution in [-0.2, 0) is 9.47 Å². The maximum Gasteiger partial charge on any atom is 0.178 e. The van der Waals surface area contributed by atoms with Gasteiger partial charge in [-0.15, -0.1) is 23.5 Å². The molecular formula is C22H44O2S2. The van der Waals surface area contributed by atoms with Gasteiger partial charge >= 0.3 is 0 Å². The third kappa shape index (κ3) is 4.60. The van der Waals surface area contributed by atoms with Crippen molar-refractivity contribution >= 4 is 23.5 Å². The Morgan fingerprint density at radius 1 is 0.538 bits per heavy atom. The van der Waals surface area contributed by atoms with E-state index in [0.717, 1.165) is 0 Å². The summed E-state index contributed by atoms with van der Waals surface area (Å²) >= 11 is 4.33. The van der Waals surface area contributed by atoms with Gasteiger partial charge in [0.1, 0.15) is 0 Å². The first kappa shape index (κ1) is 24.7. The van der Waals surface area contributed by atoms with E-state index in [-0.39, 0.29) is 10.8 Å². The zero-order valence-corrected chi connectivity index (χ0v) is 21.1. The van der Waals surface area contributed by atoms with Gasteiger partial charge in [0, 0.05) is 22.3 Å². The standard InChI is InChI=1S/C11H22O2.C11H22S2/c2*1-9(2,3)11(10(4,5)6)12-7-8-13-11/h2*7-8H2,1-6H3. The van der Waals surface area contributed by atoms with Gasteiger partial charge in [0.15, 0.2) is 5.79 Å². The van der Waals surface area contributed by atoms with Crippen LogP contribution in [0.15, 0.2) is 0 Å². The molecule has 2 rings (SSSR count). The Morgan fingerprint density at radius 2 is 0.846 bits per heavy atom. The summed E-state index contributed by atoms with van der Waals surface area (Å²) in [7, 11) is 0. The first-order valence-electron chi connectivity index (χ1n) is 9.97. The fourth-order valence-electron chi connectivity index (χ4n) is 4.81. The molecular weight excluding hydrogens is 360 g/mol. The minimum Gasteiger partial charge on any atom is -0.346 e. The van der Waals surface area contributed by atoms with Gasteiger partial charge in [-0.1, -0.05) is 83.1 Å². The Morgan fingerprint density at radius 3 is 1.00 bits per heavy atom. The molecule has 2 fully saturated rings. The Balaban J connectivity index is 0.000000260. The van der Waals surface area contributed by atoms with Crippen molar-refractivity contribution in [3.63, 3.8) is 0 Å². The second-order valence-electron chi connectivity index (χ2n) is 11.6. The highest BCUT2D eigenvalue weighted by Gasteiger charge is 2.55. The predicted octanol–water partition coefficient (Wildman–Crippen LogP) is 7.08. The van der Waals surface area contributed by atoms with E-state index >= 15 is 0 Å². The molecule has 0 aromatic carbocycles. The Hall–Kier alpha value is 0.620. The predicted molar refractivity (Wildman–Crippen MR) is 120 cm³/mol. The average Bonchev–Trinajstić information content (AvgIpc) is 3.07. The summed E-state index contributed by atoms with van der Waals surface area (Å²) in [5.74, 6) is 2.21. The van der Waals surface area contributed by atoms with E-state index < -0.39 is 5.79 Å². The molecule has 0 bridgehead atoms. The minimum absolute atomic E-state index is 0.0156. The van der Waals surface area contributed by atoms with Crippen molar-refractivity contribution in [1.29, 1.82) is 0 Å². The maximum atomic E-state index is 5.85. The van der Waals surface area contributed by atoms with Crippen molar-refractivity contribution in [1.82, 2.24) is 0 Å². The second-order valence-corrected chi connectivity index (χ2v) is 14.5. The first-order valence-corrected chi connectivity index (χ1v) is 11.9. The molecule has 0 unspecified atom stereocenters. The van der Waals surface area contributed by atoms with Gasteiger partial charge in [0.25, 0.3) is 0 Å². The molecule has 0 aromatic rings. The zero-order valence-electron chi connectivity index (χ0n) is 19.5. The molecule has 0 aliphatic carbocycles. The number of thioether (sulfide) groups is 2. The topological polar surface area (TPSA) is 18.5 Å². The summed E-state index contributed by atoms with van der Waals surface area (Å²) in [5.41, 5.74) is 0.803. The van der Waals surface area contributed by atoms with Crippen LogP contribution in [0.3, 0.4) is 0 Å². The van der Waals surface area contributed by atoms with Crippen molar-refractivity contribution in [2.75, 3.05) is 24.7 Å². The van der Waals surface area contributed by atoms with Crippen LogP contribution < -0.4 is 0 Å². The van der Waals surface area contributed by atoms with E-state index in [9.17, 15) is 0 Å². The first-order chi connectivity index (χ1) is 11.4. The van der Waals surface area contributed by atoms with E-state index in [1.54, 1.807) is 0 Å². The summed E-state index contributed by atoms with van der Waals surface area (Å²) < 4.78 is 12.1. The third-order valence-electron chi connectivity index (χ3n) is 5.34. The molecule has 156 valence electrons. The fraction of sp³-hybridized carbons (Fsp3) is 1.00. The minimum atomic E-state index is -0.431. The van der Waals surface area contributed by atoms with Crippen molar-refractivity contribution in [3.05, 3.63) is 0 Å². The zero-order chi connectivity index (χ0) is 20.7. The van der Waals surface area contributed by atoms with Gasteiger partial charge in [-0.2, -0.15) is 0 Å². The molecule has 0 spiro atoms. The summed E-state index contributed by atoms with van der Waals surface area (Å²) in [6.45, 7) is 28.7. The van der Waals surface area contributed by atoms with Gasteiger partial charge in [-0.25, -0.2) is 0 Å². The molecule has 0 aromatic heterocycles. The largest absolute Gasteiger partial charge is 0.346 e. The van der Waals surface area contributed by atoms with Crippen LogP contribution in [0, 0.1) is 21.7 Å². The van der Waals surface area contributed by atoms with Crippen LogP contribution in [0.5, 0.6) is 0 Å². The molecule has 0 amide bonds. The molecule has 0 N–H and O–H groups in total. The number of rotatable bonds is 0. The van der Waals surface area contributed by atoms with Crippen LogP contribution in [0.4, 0.5) is 0 Å². The van der Waals surface area contributed by atoms with Crippen molar-refractivity contribution in [2.24, 2.45) is 21.7 Å². The quantitative estimate of drug-likeness (QED) is 0.429. The summed E-state index contributed by atoms with van der Waals surface area (Å²) in [5, 5.41) is 0. The molecule has 0 radical (unpaired) electrons. The highest BCUT2D eigenvalue weighted by atomic mass is 32.2. The lowest BCUT2D eigenvalue weighted by molar-refractivity contribution is -0.279. The van der Waals surface area contributed by atoms with E-state index in [1.165, 1.54) is 11.5 Å². The van der Waals surface area contributed by atoms with Crippen LogP contribution >= 0.6 is 23.5 Å². The van der Waals surface area contributed by atoms with E-state index in [0.29, 0.717) is 28.1 Å². The molecule has 0 saturated carbocycles. The SMILES string of the molecule is CC(C)(C)C1(C(C)(C)C)OCCO1.CC(C)(C)C1(C(C)(C)C)SCCS1. The van der Waals surface area contributed by atoms with E-state index in [4.69, 9.17) is 9.47 Å². The fourth-order valence-corrected chi connectivity index (χ4v) is 8.61. The molecule has 2 aliphatic rings. The summed E-state index contributed by atoms with van der Waals surface area (Å²) in [6, 6.07) is 0. The average molecular weight is 405 g/mol. The summed E-state index contributed by atoms with van der Waals surface area (Å²) in [6.07, 6.45) is 0. The van der Waals surface area contributed by atoms with Crippen LogP contribution in [0.25, 0.3) is 0 Å². The Kier molecular flexibility index (Phi) is 7.40. The lowest BCUT2D eigenvalue weighted by Crippen LogP contribution is -2.54. The number of hydrogen-bond acceptors (Lipinski definition) is 4. The number of hydrogen-bond donors (Lipinski definition) is 0. The molecule has 2 heterocycles. The van der Waals surface area contributed by atoms with Gasteiger partial charge < -0.3 is 9.47 Å². The van der Waals surface area contributed by atoms with Crippen LogP contribution in [-0.4, -0.2) is 34.6 Å². The molecule has 2 nitrogen and oxygen atoms in total. The second kappa shape index (κ2) is 7.80. The van der Waals surface area contributed by atoms with Crippen molar-refractivity contribution < 1.29 is 9.47 Å². The third-order valence-corrected chi connectivity index (χ3v) is 10.4. The lowest BCUT2D eigenvalue weighted by Gasteiger charge is -2.49. The maximum absolute atomic E-state index is 5.85. The van der Waals surface area contributed by atoms with Crippen molar-refractivity contribution in [2.45, 2.75) is 93.0 Å². The number of ether oxygens (including phenoxy) is 2. The normalized spacial score (nSPS) is 23.5. The Labute approximate surface area is 172 Å². The van der Waals surface area contributed by atoms with Gasteiger partial charge in [-0.3, -0.25) is 0 Å². The molecule has 2 aliphatic heterocycles. The van der Waals surface area contributed by atoms with Gasteiger partial charge in [-0.05, 0) is 10.8 Å². The smallest absolute Gasteiger partial charge is 0.178 e. The van der Waals surface area contributed by atoms with E-state index in [2.05, 4.69) is 107 Å². The molecule has 26 heavy (non-hydrogen) atoms. The van der Waals surface area contributed by atoms with Crippen LogP contribution in [0.2, 0.25) is 0 Å². The molecule has 0 atom stereocenters. The monoisotopic (exact) mass is 404 g/mol. The highest BCUT2D eigenvalue weighted by molar-refractivity contribution is 8.21. The Bertz CT molecular complexity index is 370.